The SMILES string of the molecule is Oc1c(F)cccc1CNc1c(Cl)cc(Cl)cc1Cl. The molecule has 0 aromatic heterocycles. The number of benzene rings is 2. The third-order valence-corrected chi connectivity index (χ3v) is 3.35. The molecule has 2 aromatic carbocycles. The summed E-state index contributed by atoms with van der Waals surface area (Å²) in [4.78, 5) is 0. The van der Waals surface area contributed by atoms with E-state index >= 15 is 0 Å². The van der Waals surface area contributed by atoms with E-state index in [9.17, 15) is 9.50 Å². The quantitative estimate of drug-likeness (QED) is 0.824. The molecule has 0 fully saturated rings. The summed E-state index contributed by atoms with van der Waals surface area (Å²) >= 11 is 17.8. The zero-order chi connectivity index (χ0) is 14.0. The van der Waals surface area contributed by atoms with Crippen molar-refractivity contribution in [3.05, 3.63) is 56.8 Å². The Morgan fingerprint density at radius 3 is 2.37 bits per heavy atom. The molecule has 100 valence electrons. The highest BCUT2D eigenvalue weighted by molar-refractivity contribution is 6.41. The molecule has 0 saturated heterocycles. The Kier molecular flexibility index (Phi) is 4.40. The Bertz CT molecular complexity index is 596. The fraction of sp³-hybridized carbons (Fsp3) is 0.0769. The summed E-state index contributed by atoms with van der Waals surface area (Å²) in [5.74, 6) is -1.07. The number of nitrogens with one attached hydrogen (secondary N) is 1. The lowest BCUT2D eigenvalue weighted by Crippen LogP contribution is -2.01. The van der Waals surface area contributed by atoms with Crippen LogP contribution in [0.5, 0.6) is 5.75 Å². The predicted molar refractivity (Wildman–Crippen MR) is 76.9 cm³/mol. The summed E-state index contributed by atoms with van der Waals surface area (Å²) in [5, 5.41) is 13.6. The largest absolute Gasteiger partial charge is 0.505 e. The van der Waals surface area contributed by atoms with Crippen LogP contribution in [-0.2, 0) is 6.54 Å². The smallest absolute Gasteiger partial charge is 0.165 e. The van der Waals surface area contributed by atoms with Crippen LogP contribution in [0.25, 0.3) is 0 Å². The van der Waals surface area contributed by atoms with E-state index < -0.39 is 11.6 Å². The van der Waals surface area contributed by atoms with Crippen LogP contribution in [0, 0.1) is 5.82 Å². The minimum absolute atomic E-state index is 0.185. The van der Waals surface area contributed by atoms with E-state index in [-0.39, 0.29) is 6.54 Å². The first-order valence-corrected chi connectivity index (χ1v) is 6.47. The summed E-state index contributed by atoms with van der Waals surface area (Å²) in [6.45, 7) is 0.185. The molecule has 0 bridgehead atoms. The number of hydrogen-bond acceptors (Lipinski definition) is 2. The van der Waals surface area contributed by atoms with Crippen molar-refractivity contribution in [2.45, 2.75) is 6.54 Å². The van der Waals surface area contributed by atoms with Gasteiger partial charge in [-0.2, -0.15) is 0 Å². The van der Waals surface area contributed by atoms with E-state index in [4.69, 9.17) is 34.8 Å². The maximum atomic E-state index is 13.2. The first kappa shape index (κ1) is 14.3. The summed E-state index contributed by atoms with van der Waals surface area (Å²) in [6, 6.07) is 7.38. The molecule has 2 nitrogen and oxygen atoms in total. The Morgan fingerprint density at radius 1 is 1.11 bits per heavy atom. The lowest BCUT2D eigenvalue weighted by atomic mass is 10.2. The number of rotatable bonds is 3. The van der Waals surface area contributed by atoms with E-state index in [2.05, 4.69) is 5.32 Å². The van der Waals surface area contributed by atoms with Crippen LogP contribution >= 0.6 is 34.8 Å². The average molecular weight is 321 g/mol. The molecular weight excluding hydrogens is 312 g/mol. The number of phenolic OH excluding ortho intramolecular Hbond substituents is 1. The summed E-state index contributed by atoms with van der Waals surface area (Å²) in [5.41, 5.74) is 0.887. The molecule has 0 atom stereocenters. The van der Waals surface area contributed by atoms with E-state index in [1.807, 2.05) is 0 Å². The van der Waals surface area contributed by atoms with Gasteiger partial charge in [-0.1, -0.05) is 46.9 Å². The second-order valence-electron chi connectivity index (χ2n) is 3.85. The molecule has 0 saturated carbocycles. The molecule has 2 aromatic rings. The minimum Gasteiger partial charge on any atom is -0.505 e. The van der Waals surface area contributed by atoms with Gasteiger partial charge in [0.25, 0.3) is 0 Å². The van der Waals surface area contributed by atoms with Crippen molar-refractivity contribution >= 4 is 40.5 Å². The van der Waals surface area contributed by atoms with Gasteiger partial charge in [0.2, 0.25) is 0 Å². The Hall–Kier alpha value is -1.16. The molecule has 0 spiro atoms. The average Bonchev–Trinajstić information content (AvgIpc) is 2.33. The highest BCUT2D eigenvalue weighted by atomic mass is 35.5. The third kappa shape index (κ3) is 3.24. The van der Waals surface area contributed by atoms with Gasteiger partial charge in [-0.05, 0) is 18.2 Å². The molecule has 0 aliphatic heterocycles. The van der Waals surface area contributed by atoms with Gasteiger partial charge in [-0.15, -0.1) is 0 Å². The number of phenols is 1. The van der Waals surface area contributed by atoms with E-state index in [0.717, 1.165) is 0 Å². The number of halogens is 4. The first-order chi connectivity index (χ1) is 8.99. The molecule has 0 unspecified atom stereocenters. The molecule has 19 heavy (non-hydrogen) atoms. The van der Waals surface area contributed by atoms with Crippen LogP contribution in [0.1, 0.15) is 5.56 Å². The molecule has 2 N–H and O–H groups in total. The normalized spacial score (nSPS) is 10.5. The van der Waals surface area contributed by atoms with E-state index in [1.54, 1.807) is 18.2 Å². The minimum atomic E-state index is -0.674. The second kappa shape index (κ2) is 5.87. The van der Waals surface area contributed by atoms with Crippen molar-refractivity contribution in [3.63, 3.8) is 0 Å². The topological polar surface area (TPSA) is 32.3 Å². The zero-order valence-corrected chi connectivity index (χ0v) is 11.8. The summed E-state index contributed by atoms with van der Waals surface area (Å²) in [6.07, 6.45) is 0. The van der Waals surface area contributed by atoms with Crippen LogP contribution in [0.2, 0.25) is 15.1 Å². The van der Waals surface area contributed by atoms with Crippen LogP contribution < -0.4 is 5.32 Å². The summed E-state index contributed by atoms with van der Waals surface area (Å²) in [7, 11) is 0. The third-order valence-electron chi connectivity index (χ3n) is 2.53. The standard InChI is InChI=1S/C13H9Cl3FNO/c14-8-4-9(15)12(10(16)5-8)18-6-7-2-1-3-11(17)13(7)19/h1-5,18-19H,6H2. The van der Waals surface area contributed by atoms with E-state index in [0.29, 0.717) is 26.3 Å². The van der Waals surface area contributed by atoms with Gasteiger partial charge < -0.3 is 10.4 Å². The van der Waals surface area contributed by atoms with Gasteiger partial charge in [0.15, 0.2) is 11.6 Å². The zero-order valence-electron chi connectivity index (χ0n) is 9.55. The molecule has 0 heterocycles. The Balaban J connectivity index is 2.22. The maximum Gasteiger partial charge on any atom is 0.165 e. The van der Waals surface area contributed by atoms with Gasteiger partial charge in [0.05, 0.1) is 15.7 Å². The lowest BCUT2D eigenvalue weighted by molar-refractivity contribution is 0.427. The van der Waals surface area contributed by atoms with Crippen molar-refractivity contribution in [3.8, 4) is 5.75 Å². The highest BCUT2D eigenvalue weighted by Crippen LogP contribution is 2.34. The van der Waals surface area contributed by atoms with E-state index in [1.165, 1.54) is 12.1 Å². The lowest BCUT2D eigenvalue weighted by Gasteiger charge is -2.12. The fourth-order valence-electron chi connectivity index (χ4n) is 1.60. The number of hydrogen-bond donors (Lipinski definition) is 2. The number of aromatic hydroxyl groups is 1. The number of anilines is 1. The van der Waals surface area contributed by atoms with Crippen molar-refractivity contribution in [2.24, 2.45) is 0 Å². The number of para-hydroxylation sites is 1. The van der Waals surface area contributed by atoms with Gasteiger partial charge in [-0.25, -0.2) is 4.39 Å². The second-order valence-corrected chi connectivity index (χ2v) is 5.10. The molecule has 0 radical (unpaired) electrons. The fourth-order valence-corrected chi connectivity index (χ4v) is 2.55. The van der Waals surface area contributed by atoms with Crippen LogP contribution in [-0.4, -0.2) is 5.11 Å². The first-order valence-electron chi connectivity index (χ1n) is 5.34. The predicted octanol–water partition coefficient (Wildman–Crippen LogP) is 5.10. The molecule has 0 aliphatic rings. The van der Waals surface area contributed by atoms with Gasteiger partial charge in [0.1, 0.15) is 0 Å². The summed E-state index contributed by atoms with van der Waals surface area (Å²) < 4.78 is 13.2. The van der Waals surface area contributed by atoms with Gasteiger partial charge in [0, 0.05) is 17.1 Å². The van der Waals surface area contributed by atoms with Gasteiger partial charge >= 0.3 is 0 Å². The van der Waals surface area contributed by atoms with Crippen molar-refractivity contribution in [2.75, 3.05) is 5.32 Å². The molecule has 6 heteroatoms. The Labute approximate surface area is 124 Å². The van der Waals surface area contributed by atoms with Gasteiger partial charge in [-0.3, -0.25) is 0 Å². The molecule has 2 rings (SSSR count). The highest BCUT2D eigenvalue weighted by Gasteiger charge is 2.10. The van der Waals surface area contributed by atoms with Crippen molar-refractivity contribution in [1.29, 1.82) is 0 Å². The van der Waals surface area contributed by atoms with Crippen LogP contribution in [0.3, 0.4) is 0 Å². The van der Waals surface area contributed by atoms with Crippen molar-refractivity contribution in [1.82, 2.24) is 0 Å². The molecular formula is C13H9Cl3FNO. The molecule has 0 aliphatic carbocycles. The van der Waals surface area contributed by atoms with Crippen LogP contribution in [0.4, 0.5) is 10.1 Å². The Morgan fingerprint density at radius 2 is 1.74 bits per heavy atom. The molecule has 0 amide bonds. The van der Waals surface area contributed by atoms with Crippen LogP contribution in [0.15, 0.2) is 30.3 Å². The van der Waals surface area contributed by atoms with Crippen molar-refractivity contribution < 1.29 is 9.50 Å². The monoisotopic (exact) mass is 319 g/mol. The maximum absolute atomic E-state index is 13.2.